The van der Waals surface area contributed by atoms with Gasteiger partial charge in [-0.05, 0) is 54.8 Å². The van der Waals surface area contributed by atoms with E-state index < -0.39 is 12.0 Å². The predicted octanol–water partition coefficient (Wildman–Crippen LogP) is 4.21. The van der Waals surface area contributed by atoms with Gasteiger partial charge in [0, 0.05) is 29.7 Å². The fourth-order valence-electron chi connectivity index (χ4n) is 4.22. The van der Waals surface area contributed by atoms with Crippen LogP contribution in [-0.4, -0.2) is 34.1 Å². The average molecular weight is 447 g/mol. The van der Waals surface area contributed by atoms with Crippen molar-refractivity contribution in [1.82, 2.24) is 9.88 Å². The van der Waals surface area contributed by atoms with E-state index in [0.29, 0.717) is 35.3 Å². The highest BCUT2D eigenvalue weighted by Crippen LogP contribution is 2.29. The van der Waals surface area contributed by atoms with Gasteiger partial charge in [0.1, 0.15) is 11.4 Å². The van der Waals surface area contributed by atoms with Gasteiger partial charge < -0.3 is 25.5 Å². The fraction of sp³-hybridized carbons (Fsp3) is 0.348. The number of aromatic nitrogens is 1. The van der Waals surface area contributed by atoms with E-state index in [1.807, 2.05) is 0 Å². The maximum absolute atomic E-state index is 13.0. The average Bonchev–Trinajstić information content (AvgIpc) is 3.29. The standard InChI is InChI=1S/C23H24F3N3O3/c24-23(25,26)32-18-5-3-4-15(10-18)13-29-19-7-6-17(27)11-16(19)12-20(29)21(30)28-14-22(31)8-1-2-9-22/h3-7,10-12,31H,1-2,8-9,13-14,27H2,(H,28,30). The van der Waals surface area contributed by atoms with E-state index in [2.05, 4.69) is 10.1 Å². The van der Waals surface area contributed by atoms with Crippen molar-refractivity contribution in [2.45, 2.75) is 44.2 Å². The third-order valence-electron chi connectivity index (χ3n) is 5.74. The van der Waals surface area contributed by atoms with E-state index in [4.69, 9.17) is 5.73 Å². The molecule has 0 radical (unpaired) electrons. The molecular formula is C23H24F3N3O3. The number of halogens is 3. The third-order valence-corrected chi connectivity index (χ3v) is 5.74. The van der Waals surface area contributed by atoms with Gasteiger partial charge in [0.2, 0.25) is 0 Å². The number of amides is 1. The Morgan fingerprint density at radius 3 is 2.62 bits per heavy atom. The molecule has 170 valence electrons. The number of rotatable bonds is 6. The highest BCUT2D eigenvalue weighted by Gasteiger charge is 2.32. The van der Waals surface area contributed by atoms with Gasteiger partial charge in [-0.3, -0.25) is 4.79 Å². The second-order valence-corrected chi connectivity index (χ2v) is 8.24. The van der Waals surface area contributed by atoms with Crippen molar-refractivity contribution in [3.8, 4) is 5.75 Å². The number of anilines is 1. The number of hydrogen-bond donors (Lipinski definition) is 3. The van der Waals surface area contributed by atoms with Crippen LogP contribution in [0.4, 0.5) is 18.9 Å². The zero-order chi connectivity index (χ0) is 22.9. The van der Waals surface area contributed by atoms with Gasteiger partial charge in [0.15, 0.2) is 0 Å². The van der Waals surface area contributed by atoms with Crippen LogP contribution in [0.3, 0.4) is 0 Å². The molecule has 2 aromatic carbocycles. The minimum atomic E-state index is -4.79. The van der Waals surface area contributed by atoms with Gasteiger partial charge in [0.25, 0.3) is 5.91 Å². The quantitative estimate of drug-likeness (QED) is 0.494. The Hall–Kier alpha value is -3.20. The first-order chi connectivity index (χ1) is 15.1. The van der Waals surface area contributed by atoms with Crippen LogP contribution in [0.1, 0.15) is 41.7 Å². The third kappa shape index (κ3) is 4.99. The lowest BCUT2D eigenvalue weighted by molar-refractivity contribution is -0.274. The lowest BCUT2D eigenvalue weighted by Crippen LogP contribution is -2.41. The van der Waals surface area contributed by atoms with Crippen molar-refractivity contribution >= 4 is 22.5 Å². The summed E-state index contributed by atoms with van der Waals surface area (Å²) in [6.45, 7) is 0.292. The van der Waals surface area contributed by atoms with Crippen molar-refractivity contribution in [2.24, 2.45) is 0 Å². The molecule has 0 saturated heterocycles. The van der Waals surface area contributed by atoms with E-state index in [1.54, 1.807) is 34.9 Å². The molecule has 0 atom stereocenters. The van der Waals surface area contributed by atoms with Gasteiger partial charge in [0.05, 0.1) is 5.60 Å². The van der Waals surface area contributed by atoms with Crippen molar-refractivity contribution in [3.63, 3.8) is 0 Å². The van der Waals surface area contributed by atoms with E-state index >= 15 is 0 Å². The summed E-state index contributed by atoms with van der Waals surface area (Å²) < 4.78 is 43.5. The summed E-state index contributed by atoms with van der Waals surface area (Å²) in [5, 5.41) is 14.1. The van der Waals surface area contributed by atoms with Crippen LogP contribution in [-0.2, 0) is 6.54 Å². The zero-order valence-corrected chi connectivity index (χ0v) is 17.3. The minimum Gasteiger partial charge on any atom is -0.406 e. The lowest BCUT2D eigenvalue weighted by atomic mass is 10.0. The Balaban J connectivity index is 1.64. The molecule has 1 amide bonds. The SMILES string of the molecule is Nc1ccc2c(c1)cc(C(=O)NCC1(O)CCCC1)n2Cc1cccc(OC(F)(F)F)c1. The van der Waals surface area contributed by atoms with E-state index in [1.165, 1.54) is 18.2 Å². The van der Waals surface area contributed by atoms with E-state index in [9.17, 15) is 23.1 Å². The number of ether oxygens (including phenoxy) is 1. The molecule has 1 aliphatic rings. The van der Waals surface area contributed by atoms with Crippen LogP contribution in [0.25, 0.3) is 10.9 Å². The molecule has 1 saturated carbocycles. The van der Waals surface area contributed by atoms with Gasteiger partial charge >= 0.3 is 6.36 Å². The molecule has 1 aromatic heterocycles. The van der Waals surface area contributed by atoms with Gasteiger partial charge in [-0.15, -0.1) is 13.2 Å². The summed E-state index contributed by atoms with van der Waals surface area (Å²) in [5.74, 6) is -0.701. The molecule has 0 spiro atoms. The van der Waals surface area contributed by atoms with Gasteiger partial charge in [-0.25, -0.2) is 0 Å². The Kier molecular flexibility index (Phi) is 5.77. The van der Waals surface area contributed by atoms with Crippen LogP contribution in [0.2, 0.25) is 0 Å². The zero-order valence-electron chi connectivity index (χ0n) is 17.3. The molecule has 0 bridgehead atoms. The van der Waals surface area contributed by atoms with Crippen molar-refractivity contribution in [3.05, 3.63) is 59.8 Å². The first kappa shape index (κ1) is 22.0. The topological polar surface area (TPSA) is 89.5 Å². The summed E-state index contributed by atoms with van der Waals surface area (Å²) in [6, 6.07) is 12.5. The van der Waals surface area contributed by atoms with Crippen molar-refractivity contribution < 1.29 is 27.8 Å². The monoisotopic (exact) mass is 447 g/mol. The number of fused-ring (bicyclic) bond motifs is 1. The normalized spacial score (nSPS) is 15.8. The largest absolute Gasteiger partial charge is 0.573 e. The number of hydrogen-bond acceptors (Lipinski definition) is 4. The second-order valence-electron chi connectivity index (χ2n) is 8.24. The molecule has 0 aliphatic heterocycles. The smallest absolute Gasteiger partial charge is 0.406 e. The number of carbonyl (C=O) groups excluding carboxylic acids is 1. The number of nitrogens with zero attached hydrogens (tertiary/aromatic N) is 1. The number of aliphatic hydroxyl groups is 1. The number of carbonyl (C=O) groups is 1. The number of nitrogen functional groups attached to an aromatic ring is 1. The van der Waals surface area contributed by atoms with Crippen LogP contribution in [0, 0.1) is 0 Å². The summed E-state index contributed by atoms with van der Waals surface area (Å²) in [7, 11) is 0. The van der Waals surface area contributed by atoms with Crippen LogP contribution >= 0.6 is 0 Å². The summed E-state index contributed by atoms with van der Waals surface area (Å²) in [5.41, 5.74) is 7.08. The van der Waals surface area contributed by atoms with E-state index in [-0.39, 0.29) is 24.7 Å². The first-order valence-corrected chi connectivity index (χ1v) is 10.4. The lowest BCUT2D eigenvalue weighted by Gasteiger charge is -2.22. The fourth-order valence-corrected chi connectivity index (χ4v) is 4.22. The second kappa shape index (κ2) is 8.38. The number of nitrogens with one attached hydrogen (secondary N) is 1. The Labute approximate surface area is 182 Å². The minimum absolute atomic E-state index is 0.143. The van der Waals surface area contributed by atoms with Crippen molar-refractivity contribution in [1.29, 1.82) is 0 Å². The highest BCUT2D eigenvalue weighted by molar-refractivity contribution is 5.99. The van der Waals surface area contributed by atoms with Gasteiger partial charge in [-0.1, -0.05) is 25.0 Å². The highest BCUT2D eigenvalue weighted by atomic mass is 19.4. The molecule has 9 heteroatoms. The molecule has 6 nitrogen and oxygen atoms in total. The Morgan fingerprint density at radius 1 is 1.16 bits per heavy atom. The predicted molar refractivity (Wildman–Crippen MR) is 114 cm³/mol. The molecular weight excluding hydrogens is 423 g/mol. The summed E-state index contributed by atoms with van der Waals surface area (Å²) in [4.78, 5) is 13.0. The van der Waals surface area contributed by atoms with Crippen LogP contribution in [0.5, 0.6) is 5.75 Å². The van der Waals surface area contributed by atoms with Gasteiger partial charge in [-0.2, -0.15) is 0 Å². The number of benzene rings is 2. The molecule has 1 fully saturated rings. The molecule has 32 heavy (non-hydrogen) atoms. The van der Waals surface area contributed by atoms with Crippen LogP contribution in [0.15, 0.2) is 48.5 Å². The number of nitrogens with two attached hydrogens (primary N) is 1. The molecule has 3 aromatic rings. The molecule has 4 N–H and O–H groups in total. The van der Waals surface area contributed by atoms with Crippen molar-refractivity contribution in [2.75, 3.05) is 12.3 Å². The van der Waals surface area contributed by atoms with Crippen LogP contribution < -0.4 is 15.8 Å². The maximum Gasteiger partial charge on any atom is 0.573 e. The molecule has 1 heterocycles. The maximum atomic E-state index is 13.0. The molecule has 4 rings (SSSR count). The summed E-state index contributed by atoms with van der Waals surface area (Å²) in [6.07, 6.45) is -1.68. The first-order valence-electron chi connectivity index (χ1n) is 10.4. The molecule has 1 aliphatic carbocycles. The number of alkyl halides is 3. The summed E-state index contributed by atoms with van der Waals surface area (Å²) >= 11 is 0. The Morgan fingerprint density at radius 2 is 1.91 bits per heavy atom. The Bertz CT molecular complexity index is 1130. The molecule has 0 unspecified atom stereocenters. The van der Waals surface area contributed by atoms with E-state index in [0.717, 1.165) is 18.2 Å².